The lowest BCUT2D eigenvalue weighted by Crippen LogP contribution is -2.12. The molecule has 0 unspecified atom stereocenters. The van der Waals surface area contributed by atoms with Gasteiger partial charge in [0.1, 0.15) is 0 Å². The van der Waals surface area contributed by atoms with Crippen LogP contribution in [0.2, 0.25) is 0 Å². The van der Waals surface area contributed by atoms with Gasteiger partial charge in [-0.15, -0.1) is 0 Å². The molecule has 1 aromatic rings. The van der Waals surface area contributed by atoms with E-state index in [2.05, 4.69) is 37.0 Å². The summed E-state index contributed by atoms with van der Waals surface area (Å²) in [6, 6.07) is 8.04. The van der Waals surface area contributed by atoms with Crippen molar-refractivity contribution in [1.82, 2.24) is 0 Å². The smallest absolute Gasteiger partial charge is 0.0976 e. The Bertz CT molecular complexity index is 454. The van der Waals surface area contributed by atoms with Crippen LogP contribution < -0.4 is 0 Å². The van der Waals surface area contributed by atoms with E-state index < -0.39 is 0 Å². The fourth-order valence-corrected chi connectivity index (χ4v) is 1.54. The van der Waals surface area contributed by atoms with Crippen LogP contribution >= 0.6 is 0 Å². The Morgan fingerprint density at radius 3 is 2.18 bits per heavy atom. The Morgan fingerprint density at radius 2 is 1.65 bits per heavy atom. The van der Waals surface area contributed by atoms with Crippen LogP contribution in [0.3, 0.4) is 0 Å². The molecule has 0 atom stereocenters. The van der Waals surface area contributed by atoms with Crippen molar-refractivity contribution in [3.63, 3.8) is 0 Å². The highest BCUT2D eigenvalue weighted by Gasteiger charge is 2.17. The van der Waals surface area contributed by atoms with Crippen LogP contribution in [-0.4, -0.2) is 16.6 Å². The van der Waals surface area contributed by atoms with Gasteiger partial charge in [-0.1, -0.05) is 44.1 Å². The van der Waals surface area contributed by atoms with Crippen molar-refractivity contribution in [3.8, 4) is 0 Å². The summed E-state index contributed by atoms with van der Waals surface area (Å²) < 4.78 is 0. The van der Waals surface area contributed by atoms with E-state index >= 15 is 0 Å². The summed E-state index contributed by atoms with van der Waals surface area (Å²) in [7, 11) is 0. The van der Waals surface area contributed by atoms with Crippen LogP contribution in [0.5, 0.6) is 0 Å². The Hall–Kier alpha value is -1.64. The number of rotatable bonds is 2. The molecule has 0 heterocycles. The van der Waals surface area contributed by atoms with Gasteiger partial charge in [0.25, 0.3) is 0 Å². The zero-order valence-corrected chi connectivity index (χ0v) is 11.2. The van der Waals surface area contributed by atoms with Gasteiger partial charge in [-0.25, -0.2) is 0 Å². The fourth-order valence-electron chi connectivity index (χ4n) is 1.54. The lowest BCUT2D eigenvalue weighted by Gasteiger charge is -2.21. The Labute approximate surface area is 103 Å². The fraction of sp³-hybridized carbons (Fsp3) is 0.429. The first kappa shape index (κ1) is 13.4. The summed E-state index contributed by atoms with van der Waals surface area (Å²) in [4.78, 5) is 4.52. The van der Waals surface area contributed by atoms with Crippen molar-refractivity contribution < 1.29 is 5.21 Å². The molecule has 1 N–H and O–H groups in total. The third kappa shape index (κ3) is 3.41. The summed E-state index contributed by atoms with van der Waals surface area (Å²) in [5.41, 5.74) is 3.42. The predicted molar refractivity (Wildman–Crippen MR) is 72.8 cm³/mol. The Morgan fingerprint density at radius 1 is 1.06 bits per heavy atom. The minimum atomic E-state index is 0.0463. The van der Waals surface area contributed by atoms with E-state index in [-0.39, 0.29) is 5.41 Å². The molecule has 1 rings (SSSR count). The average Bonchev–Trinajstić information content (AvgIpc) is 2.27. The highest BCUT2D eigenvalue weighted by Crippen LogP contribution is 2.31. The van der Waals surface area contributed by atoms with Crippen molar-refractivity contribution in [2.24, 2.45) is 10.1 Å². The molecule has 3 heteroatoms. The van der Waals surface area contributed by atoms with Gasteiger partial charge in [-0.2, -0.15) is 0 Å². The highest BCUT2D eigenvalue weighted by atomic mass is 16.4. The molecule has 0 fully saturated rings. The standard InChI is InChI=1S/C14H20N2O/c1-10(11(2)16-17)15-13-9-7-6-8-12(13)14(3,4)5/h6-9,17H,1-5H3/b15-10?,16-11+. The van der Waals surface area contributed by atoms with Crippen LogP contribution in [0, 0.1) is 0 Å². The van der Waals surface area contributed by atoms with Crippen LogP contribution in [0.15, 0.2) is 34.4 Å². The second-order valence-corrected chi connectivity index (χ2v) is 5.15. The number of benzene rings is 1. The summed E-state index contributed by atoms with van der Waals surface area (Å²) in [5.74, 6) is 0. The number of nitrogens with zero attached hydrogens (tertiary/aromatic N) is 2. The van der Waals surface area contributed by atoms with E-state index in [9.17, 15) is 0 Å². The zero-order chi connectivity index (χ0) is 13.1. The average molecular weight is 232 g/mol. The predicted octanol–water partition coefficient (Wildman–Crippen LogP) is 3.93. The summed E-state index contributed by atoms with van der Waals surface area (Å²) in [6.07, 6.45) is 0. The number of hydrogen-bond donors (Lipinski definition) is 1. The van der Waals surface area contributed by atoms with Gasteiger partial charge in [0.15, 0.2) is 0 Å². The van der Waals surface area contributed by atoms with Crippen LogP contribution in [-0.2, 0) is 5.41 Å². The molecule has 0 saturated carbocycles. The maximum Gasteiger partial charge on any atom is 0.0976 e. The van der Waals surface area contributed by atoms with E-state index in [1.54, 1.807) is 6.92 Å². The molecule has 3 nitrogen and oxygen atoms in total. The molecule has 0 aliphatic heterocycles. The summed E-state index contributed by atoms with van der Waals surface area (Å²) >= 11 is 0. The van der Waals surface area contributed by atoms with Crippen LogP contribution in [0.25, 0.3) is 0 Å². The second-order valence-electron chi connectivity index (χ2n) is 5.15. The molecular formula is C14H20N2O. The minimum absolute atomic E-state index is 0.0463. The van der Waals surface area contributed by atoms with Gasteiger partial charge >= 0.3 is 0 Å². The van der Waals surface area contributed by atoms with Crippen molar-refractivity contribution in [2.75, 3.05) is 0 Å². The van der Waals surface area contributed by atoms with Gasteiger partial charge in [0, 0.05) is 0 Å². The maximum absolute atomic E-state index is 8.72. The maximum atomic E-state index is 8.72. The summed E-state index contributed by atoms with van der Waals surface area (Å²) in [5, 5.41) is 11.9. The second kappa shape index (κ2) is 5.13. The molecule has 1 aromatic carbocycles. The highest BCUT2D eigenvalue weighted by molar-refractivity contribution is 6.40. The van der Waals surface area contributed by atoms with Crippen molar-refractivity contribution >= 4 is 17.1 Å². The number of para-hydroxylation sites is 1. The number of hydrogen-bond acceptors (Lipinski definition) is 3. The van der Waals surface area contributed by atoms with Crippen LogP contribution in [0.1, 0.15) is 40.2 Å². The Balaban J connectivity index is 3.25. The van der Waals surface area contributed by atoms with Gasteiger partial charge < -0.3 is 5.21 Å². The Kier molecular flexibility index (Phi) is 4.05. The molecule has 0 aromatic heterocycles. The van der Waals surface area contributed by atoms with E-state index in [1.807, 2.05) is 25.1 Å². The molecule has 0 aliphatic rings. The molecule has 0 radical (unpaired) electrons. The van der Waals surface area contributed by atoms with Crippen molar-refractivity contribution in [3.05, 3.63) is 29.8 Å². The molecule has 0 spiro atoms. The van der Waals surface area contributed by atoms with E-state index in [4.69, 9.17) is 5.21 Å². The first-order valence-corrected chi connectivity index (χ1v) is 5.70. The topological polar surface area (TPSA) is 45.0 Å². The third-order valence-electron chi connectivity index (χ3n) is 2.67. The monoisotopic (exact) mass is 232 g/mol. The van der Waals surface area contributed by atoms with Crippen molar-refractivity contribution in [2.45, 2.75) is 40.0 Å². The molecule has 0 aliphatic carbocycles. The lowest BCUT2D eigenvalue weighted by molar-refractivity contribution is 0.320. The molecule has 0 amide bonds. The molecular weight excluding hydrogens is 212 g/mol. The largest absolute Gasteiger partial charge is 0.411 e. The van der Waals surface area contributed by atoms with Gasteiger partial charge in [0.05, 0.1) is 17.1 Å². The molecule has 92 valence electrons. The van der Waals surface area contributed by atoms with E-state index in [0.29, 0.717) is 5.71 Å². The molecule has 17 heavy (non-hydrogen) atoms. The molecule has 0 bridgehead atoms. The normalized spacial score (nSPS) is 13.9. The first-order valence-electron chi connectivity index (χ1n) is 5.70. The summed E-state index contributed by atoms with van der Waals surface area (Å²) in [6.45, 7) is 10.0. The molecule has 0 saturated heterocycles. The van der Waals surface area contributed by atoms with Gasteiger partial charge in [-0.05, 0) is 30.9 Å². The lowest BCUT2D eigenvalue weighted by atomic mass is 9.86. The van der Waals surface area contributed by atoms with E-state index in [1.165, 1.54) is 5.56 Å². The van der Waals surface area contributed by atoms with Gasteiger partial charge in [-0.3, -0.25) is 4.99 Å². The third-order valence-corrected chi connectivity index (χ3v) is 2.67. The minimum Gasteiger partial charge on any atom is -0.411 e. The van der Waals surface area contributed by atoms with Crippen molar-refractivity contribution in [1.29, 1.82) is 0 Å². The quantitative estimate of drug-likeness (QED) is 0.468. The SMILES string of the molecule is CC(=Nc1ccccc1C(C)(C)C)/C(C)=N/O. The van der Waals surface area contributed by atoms with Gasteiger partial charge in [0.2, 0.25) is 0 Å². The number of oxime groups is 1. The number of aliphatic imine (C=N–C) groups is 1. The van der Waals surface area contributed by atoms with E-state index in [0.717, 1.165) is 11.4 Å². The van der Waals surface area contributed by atoms with Crippen LogP contribution in [0.4, 0.5) is 5.69 Å². The first-order chi connectivity index (χ1) is 7.86. The zero-order valence-electron chi connectivity index (χ0n) is 11.2.